The number of nitrogens with zero attached hydrogens (tertiary/aromatic N) is 3. The third-order valence-electron chi connectivity index (χ3n) is 5.79. The van der Waals surface area contributed by atoms with E-state index in [1.807, 2.05) is 43.3 Å². The van der Waals surface area contributed by atoms with Gasteiger partial charge in [0.2, 0.25) is 0 Å². The number of thioether (sulfide) groups is 1. The van der Waals surface area contributed by atoms with Crippen LogP contribution >= 0.6 is 11.8 Å². The molecule has 5 nitrogen and oxygen atoms in total. The number of amides is 1. The fourth-order valence-corrected chi connectivity index (χ4v) is 5.03. The first-order valence-electron chi connectivity index (χ1n) is 11.4. The number of ether oxygens (including phenoxy) is 1. The predicted octanol–water partition coefficient (Wildman–Crippen LogP) is 5.63. The summed E-state index contributed by atoms with van der Waals surface area (Å²) in [6.07, 6.45) is 5.85. The van der Waals surface area contributed by atoms with Crippen LogP contribution in [0.3, 0.4) is 0 Å². The van der Waals surface area contributed by atoms with Crippen LogP contribution in [0, 0.1) is 6.92 Å². The molecule has 2 aromatic rings. The molecular formula is C26H31N3O2S. The van der Waals surface area contributed by atoms with E-state index in [4.69, 9.17) is 9.73 Å². The zero-order chi connectivity index (χ0) is 22.3. The van der Waals surface area contributed by atoms with Gasteiger partial charge in [-0.2, -0.15) is 0 Å². The topological polar surface area (TPSA) is 45.1 Å². The van der Waals surface area contributed by atoms with Crippen molar-refractivity contribution in [3.63, 3.8) is 0 Å². The molecule has 0 bridgehead atoms. The number of hydrogen-bond acceptors (Lipinski definition) is 5. The monoisotopic (exact) mass is 449 g/mol. The molecule has 0 aromatic heterocycles. The highest BCUT2D eigenvalue weighted by atomic mass is 32.2. The highest BCUT2D eigenvalue weighted by molar-refractivity contribution is 8.18. The molecule has 2 saturated heterocycles. The summed E-state index contributed by atoms with van der Waals surface area (Å²) in [5.74, 6) is -0.0103. The molecule has 0 spiro atoms. The normalized spacial score (nSPS) is 19.4. The van der Waals surface area contributed by atoms with Gasteiger partial charge in [0, 0.05) is 25.4 Å². The predicted molar refractivity (Wildman–Crippen MR) is 135 cm³/mol. The first-order chi connectivity index (χ1) is 15.7. The number of para-hydroxylation sites is 1. The van der Waals surface area contributed by atoms with E-state index in [0.717, 1.165) is 24.3 Å². The molecule has 2 aromatic carbocycles. The first kappa shape index (κ1) is 22.6. The summed E-state index contributed by atoms with van der Waals surface area (Å²) in [6.45, 7) is 7.95. The number of aryl methyl sites for hydroxylation is 1. The first-order valence-corrected chi connectivity index (χ1v) is 12.3. The molecule has 2 aliphatic rings. The largest absolute Gasteiger partial charge is 0.380 e. The molecular weight excluding hydrogens is 418 g/mol. The van der Waals surface area contributed by atoms with Crippen LogP contribution in [0.1, 0.15) is 37.3 Å². The summed E-state index contributed by atoms with van der Waals surface area (Å²) in [4.78, 5) is 22.9. The van der Waals surface area contributed by atoms with Gasteiger partial charge in [-0.25, -0.2) is 4.99 Å². The summed E-state index contributed by atoms with van der Waals surface area (Å²) in [6, 6.07) is 16.3. The number of rotatable bonds is 7. The lowest BCUT2D eigenvalue weighted by Gasteiger charge is -2.29. The van der Waals surface area contributed by atoms with Gasteiger partial charge in [-0.05, 0) is 86.3 Å². The minimum Gasteiger partial charge on any atom is -0.380 e. The summed E-state index contributed by atoms with van der Waals surface area (Å²) >= 11 is 1.44. The molecule has 0 atom stereocenters. The van der Waals surface area contributed by atoms with Gasteiger partial charge in [0.1, 0.15) is 0 Å². The van der Waals surface area contributed by atoms with E-state index < -0.39 is 0 Å². The molecule has 0 N–H and O–H groups in total. The lowest BCUT2D eigenvalue weighted by atomic mass is 10.0. The van der Waals surface area contributed by atoms with E-state index in [-0.39, 0.29) is 5.91 Å². The fraction of sp³-hybridized carbons (Fsp3) is 0.385. The number of benzene rings is 2. The summed E-state index contributed by atoms with van der Waals surface area (Å²) in [5, 5.41) is 0.703. The van der Waals surface area contributed by atoms with Crippen LogP contribution in [-0.2, 0) is 9.53 Å². The maximum atomic E-state index is 13.2. The molecule has 2 heterocycles. The van der Waals surface area contributed by atoms with Crippen LogP contribution in [-0.4, -0.2) is 48.8 Å². The number of piperidine rings is 1. The average molecular weight is 450 g/mol. The van der Waals surface area contributed by atoms with Gasteiger partial charge in [0.25, 0.3) is 5.91 Å². The lowest BCUT2D eigenvalue weighted by molar-refractivity contribution is -0.122. The zero-order valence-corrected chi connectivity index (χ0v) is 19.7. The van der Waals surface area contributed by atoms with E-state index in [1.165, 1.54) is 42.3 Å². The van der Waals surface area contributed by atoms with Crippen LogP contribution in [0.5, 0.6) is 0 Å². The van der Waals surface area contributed by atoms with Crippen molar-refractivity contribution in [2.24, 2.45) is 4.99 Å². The van der Waals surface area contributed by atoms with Gasteiger partial charge < -0.3 is 9.64 Å². The van der Waals surface area contributed by atoms with Crippen LogP contribution in [0.25, 0.3) is 6.08 Å². The second-order valence-corrected chi connectivity index (χ2v) is 9.09. The van der Waals surface area contributed by atoms with Crippen molar-refractivity contribution in [2.45, 2.75) is 33.1 Å². The van der Waals surface area contributed by atoms with E-state index >= 15 is 0 Å². The zero-order valence-electron chi connectivity index (χ0n) is 18.9. The van der Waals surface area contributed by atoms with E-state index in [0.29, 0.717) is 29.8 Å². The third-order valence-corrected chi connectivity index (χ3v) is 6.80. The maximum absolute atomic E-state index is 13.2. The molecule has 6 heteroatoms. The second kappa shape index (κ2) is 10.8. The van der Waals surface area contributed by atoms with E-state index in [1.54, 1.807) is 4.90 Å². The Bertz CT molecular complexity index is 997. The Labute approximate surface area is 195 Å². The van der Waals surface area contributed by atoms with Gasteiger partial charge in [-0.3, -0.25) is 9.69 Å². The number of amidine groups is 1. The summed E-state index contributed by atoms with van der Waals surface area (Å²) in [5.41, 5.74) is 4.38. The Hall–Kier alpha value is -2.57. The number of aliphatic imine (C=N–C) groups is 1. The smallest absolute Gasteiger partial charge is 0.266 e. The van der Waals surface area contributed by atoms with Crippen LogP contribution < -0.4 is 4.90 Å². The minimum absolute atomic E-state index is 0.0103. The van der Waals surface area contributed by atoms with E-state index in [9.17, 15) is 4.79 Å². The molecule has 2 fully saturated rings. The van der Waals surface area contributed by atoms with Crippen molar-refractivity contribution >= 4 is 40.3 Å². The Morgan fingerprint density at radius 3 is 2.59 bits per heavy atom. The van der Waals surface area contributed by atoms with Gasteiger partial charge in [0.15, 0.2) is 5.17 Å². The molecule has 0 unspecified atom stereocenters. The second-order valence-electron chi connectivity index (χ2n) is 8.08. The Morgan fingerprint density at radius 2 is 1.88 bits per heavy atom. The van der Waals surface area contributed by atoms with Crippen molar-refractivity contribution in [1.82, 2.24) is 4.90 Å². The summed E-state index contributed by atoms with van der Waals surface area (Å²) in [7, 11) is 0. The molecule has 1 amide bonds. The molecule has 32 heavy (non-hydrogen) atoms. The Balaban J connectivity index is 1.58. The van der Waals surface area contributed by atoms with Crippen LogP contribution in [0.15, 0.2) is 58.4 Å². The molecule has 168 valence electrons. The highest BCUT2D eigenvalue weighted by Gasteiger charge is 2.33. The van der Waals surface area contributed by atoms with Crippen molar-refractivity contribution in [3.8, 4) is 0 Å². The highest BCUT2D eigenvalue weighted by Crippen LogP contribution is 2.35. The standard InChI is InChI=1S/C26H31N3O2S/c1-3-31-17-16-29-25(30)24(32-26(29)27-22-10-6-4-7-11-22)19-21-12-13-23(18-20(21)2)28-14-8-5-9-15-28/h4,6-7,10-13,18-19H,3,5,8-9,14-17H2,1-2H3. The van der Waals surface area contributed by atoms with Crippen molar-refractivity contribution in [3.05, 3.63) is 64.6 Å². The van der Waals surface area contributed by atoms with Gasteiger partial charge in [-0.1, -0.05) is 24.3 Å². The lowest BCUT2D eigenvalue weighted by Crippen LogP contribution is -2.32. The van der Waals surface area contributed by atoms with Crippen LogP contribution in [0.4, 0.5) is 11.4 Å². The van der Waals surface area contributed by atoms with Gasteiger partial charge in [0.05, 0.1) is 23.7 Å². The molecule has 0 radical (unpaired) electrons. The number of carbonyl (C=O) groups is 1. The Kier molecular flexibility index (Phi) is 7.66. The number of carbonyl (C=O) groups excluding carboxylic acids is 1. The van der Waals surface area contributed by atoms with Gasteiger partial charge >= 0.3 is 0 Å². The number of hydrogen-bond donors (Lipinski definition) is 0. The third kappa shape index (κ3) is 5.43. The minimum atomic E-state index is -0.0103. The quantitative estimate of drug-likeness (QED) is 0.406. The van der Waals surface area contributed by atoms with Crippen LogP contribution in [0.2, 0.25) is 0 Å². The van der Waals surface area contributed by atoms with Crippen molar-refractivity contribution in [2.75, 3.05) is 37.7 Å². The van der Waals surface area contributed by atoms with Crippen molar-refractivity contribution < 1.29 is 9.53 Å². The van der Waals surface area contributed by atoms with Gasteiger partial charge in [-0.15, -0.1) is 0 Å². The maximum Gasteiger partial charge on any atom is 0.266 e. The fourth-order valence-electron chi connectivity index (χ4n) is 4.01. The Morgan fingerprint density at radius 1 is 1.09 bits per heavy atom. The molecule has 0 aliphatic carbocycles. The average Bonchev–Trinajstić information content (AvgIpc) is 3.10. The van der Waals surface area contributed by atoms with E-state index in [2.05, 4.69) is 30.0 Å². The summed E-state index contributed by atoms with van der Waals surface area (Å²) < 4.78 is 5.50. The molecule has 4 rings (SSSR count). The molecule has 0 saturated carbocycles. The van der Waals surface area contributed by atoms with Crippen molar-refractivity contribution in [1.29, 1.82) is 0 Å². The number of anilines is 1. The SMILES string of the molecule is CCOCCN1C(=O)C(=Cc2ccc(N3CCCCC3)cc2C)SC1=Nc1ccccc1. The molecule has 2 aliphatic heterocycles.